The minimum Gasteiger partial charge on any atom is -0.383 e. The predicted molar refractivity (Wildman–Crippen MR) is 128 cm³/mol. The third-order valence-electron chi connectivity index (χ3n) is 7.21. The van der Waals surface area contributed by atoms with Crippen LogP contribution in [0.5, 0.6) is 0 Å². The SMILES string of the molecule is Nc1ncnc2c1c(-c1cccc(CN3CC(=O)NS3(=O)=O)c1)cn2[C@H]1C[C@@H](CN2CCC2)C1. The van der Waals surface area contributed by atoms with Crippen molar-refractivity contribution in [2.75, 3.05) is 31.9 Å². The van der Waals surface area contributed by atoms with Gasteiger partial charge in [-0.3, -0.25) is 4.79 Å². The molecular weight excluding hydrogens is 454 g/mol. The second-order valence-corrected chi connectivity index (χ2v) is 11.2. The van der Waals surface area contributed by atoms with Gasteiger partial charge in [0.2, 0.25) is 5.91 Å². The van der Waals surface area contributed by atoms with Gasteiger partial charge in [-0.1, -0.05) is 18.2 Å². The summed E-state index contributed by atoms with van der Waals surface area (Å²) in [5.41, 5.74) is 9.76. The Morgan fingerprint density at radius 3 is 2.71 bits per heavy atom. The van der Waals surface area contributed by atoms with E-state index in [-0.39, 0.29) is 13.1 Å². The highest BCUT2D eigenvalue weighted by atomic mass is 32.2. The van der Waals surface area contributed by atoms with Crippen LogP contribution in [0, 0.1) is 5.92 Å². The molecule has 2 aromatic heterocycles. The lowest BCUT2D eigenvalue weighted by molar-refractivity contribution is -0.118. The van der Waals surface area contributed by atoms with Crippen molar-refractivity contribution in [1.29, 1.82) is 0 Å². The van der Waals surface area contributed by atoms with Crippen LogP contribution in [0.25, 0.3) is 22.2 Å². The van der Waals surface area contributed by atoms with Crippen LogP contribution in [0.4, 0.5) is 5.82 Å². The highest BCUT2D eigenvalue weighted by Crippen LogP contribution is 2.43. The number of carbonyl (C=O) groups excluding carboxylic acids is 1. The van der Waals surface area contributed by atoms with Crippen LogP contribution in [0.3, 0.4) is 0 Å². The van der Waals surface area contributed by atoms with Gasteiger partial charge < -0.3 is 15.2 Å². The minimum absolute atomic E-state index is 0.111. The molecule has 0 atom stereocenters. The van der Waals surface area contributed by atoms with Crippen LogP contribution in [0.15, 0.2) is 36.8 Å². The van der Waals surface area contributed by atoms with Gasteiger partial charge in [-0.2, -0.15) is 12.7 Å². The van der Waals surface area contributed by atoms with E-state index in [0.29, 0.717) is 17.8 Å². The number of benzene rings is 1. The van der Waals surface area contributed by atoms with Crippen molar-refractivity contribution in [3.05, 3.63) is 42.4 Å². The zero-order valence-corrected chi connectivity index (χ0v) is 19.5. The average Bonchev–Trinajstić information content (AvgIpc) is 3.23. The molecule has 3 aromatic rings. The zero-order chi connectivity index (χ0) is 23.4. The Hall–Kier alpha value is -3.02. The lowest BCUT2D eigenvalue weighted by atomic mass is 9.79. The summed E-state index contributed by atoms with van der Waals surface area (Å²) in [4.78, 5) is 22.9. The van der Waals surface area contributed by atoms with Crippen LogP contribution in [-0.4, -0.2) is 64.2 Å². The van der Waals surface area contributed by atoms with Gasteiger partial charge in [0, 0.05) is 30.9 Å². The maximum atomic E-state index is 12.1. The summed E-state index contributed by atoms with van der Waals surface area (Å²) < 4.78 is 29.7. The van der Waals surface area contributed by atoms with Gasteiger partial charge >= 0.3 is 10.2 Å². The smallest absolute Gasteiger partial charge is 0.304 e. The van der Waals surface area contributed by atoms with Crippen LogP contribution >= 0.6 is 0 Å². The fourth-order valence-corrected chi connectivity index (χ4v) is 6.37. The van der Waals surface area contributed by atoms with Gasteiger partial charge in [0.15, 0.2) is 0 Å². The Kier molecular flexibility index (Phi) is 5.08. The second kappa shape index (κ2) is 8.03. The molecule has 1 amide bonds. The summed E-state index contributed by atoms with van der Waals surface area (Å²) in [5, 5.41) is 0.816. The largest absolute Gasteiger partial charge is 0.383 e. The number of anilines is 1. The van der Waals surface area contributed by atoms with Gasteiger partial charge in [0.1, 0.15) is 17.8 Å². The highest BCUT2D eigenvalue weighted by molar-refractivity contribution is 7.88. The summed E-state index contributed by atoms with van der Waals surface area (Å²) >= 11 is 0. The molecule has 2 aliphatic heterocycles. The third kappa shape index (κ3) is 3.73. The Balaban J connectivity index is 1.30. The average molecular weight is 482 g/mol. The first-order valence-corrected chi connectivity index (χ1v) is 13.0. The van der Waals surface area contributed by atoms with Crippen LogP contribution in [0.1, 0.15) is 30.9 Å². The summed E-state index contributed by atoms with van der Waals surface area (Å²) in [6, 6.07) is 8.04. The molecule has 3 aliphatic rings. The quantitative estimate of drug-likeness (QED) is 0.546. The lowest BCUT2D eigenvalue weighted by Gasteiger charge is -2.42. The normalized spacial score (nSPS) is 24.6. The van der Waals surface area contributed by atoms with E-state index in [1.54, 1.807) is 0 Å². The van der Waals surface area contributed by atoms with E-state index in [4.69, 9.17) is 5.73 Å². The fraction of sp³-hybridized carbons (Fsp3) is 0.435. The number of hydrogen-bond donors (Lipinski definition) is 2. The molecular formula is C23H27N7O3S. The van der Waals surface area contributed by atoms with E-state index < -0.39 is 16.1 Å². The first-order valence-electron chi connectivity index (χ1n) is 11.6. The van der Waals surface area contributed by atoms with Crippen molar-refractivity contribution >= 4 is 33.0 Å². The lowest BCUT2D eigenvalue weighted by Crippen LogP contribution is -2.43. The van der Waals surface area contributed by atoms with Gasteiger partial charge in [0.05, 0.1) is 11.9 Å². The molecule has 34 heavy (non-hydrogen) atoms. The highest BCUT2D eigenvalue weighted by Gasteiger charge is 2.35. The first-order chi connectivity index (χ1) is 16.4. The molecule has 3 fully saturated rings. The molecule has 1 aromatic carbocycles. The number of fused-ring (bicyclic) bond motifs is 1. The minimum atomic E-state index is -3.78. The number of hydrogen-bond acceptors (Lipinski definition) is 7. The van der Waals surface area contributed by atoms with Crippen molar-refractivity contribution in [2.24, 2.45) is 5.92 Å². The van der Waals surface area contributed by atoms with E-state index in [9.17, 15) is 13.2 Å². The van der Waals surface area contributed by atoms with Crippen molar-refractivity contribution < 1.29 is 13.2 Å². The van der Waals surface area contributed by atoms with Gasteiger partial charge in [-0.25, -0.2) is 14.7 Å². The van der Waals surface area contributed by atoms with Crippen molar-refractivity contribution in [1.82, 2.24) is 28.5 Å². The Labute approximate surface area is 197 Å². The standard InChI is InChI=1S/C23H27N7O3S/c24-22-21-19(17-4-1-3-15(7-17)11-29-13-20(31)27-34(29,32)33)12-30(23(21)26-14-25-22)18-8-16(9-18)10-28-5-2-6-28/h1,3-4,7,12,14,16,18H,2,5-6,8-11,13H2,(H,27,31)(H2,24,25,26)/t16-,18+. The number of rotatable bonds is 6. The van der Waals surface area contributed by atoms with Gasteiger partial charge in [0.25, 0.3) is 0 Å². The number of nitrogens with two attached hydrogens (primary N) is 1. The molecule has 0 bridgehead atoms. The molecule has 6 rings (SSSR count). The van der Waals surface area contributed by atoms with Crippen molar-refractivity contribution in [2.45, 2.75) is 31.8 Å². The molecule has 11 heteroatoms. The van der Waals surface area contributed by atoms with E-state index in [1.165, 1.54) is 32.4 Å². The van der Waals surface area contributed by atoms with Crippen LogP contribution in [0.2, 0.25) is 0 Å². The van der Waals surface area contributed by atoms with Crippen LogP contribution in [-0.2, 0) is 21.5 Å². The number of amides is 1. The molecule has 3 N–H and O–H groups in total. The first kappa shape index (κ1) is 21.5. The van der Waals surface area contributed by atoms with E-state index in [0.717, 1.165) is 44.9 Å². The molecule has 2 saturated heterocycles. The second-order valence-electron chi connectivity index (χ2n) is 9.55. The van der Waals surface area contributed by atoms with E-state index in [1.807, 2.05) is 29.0 Å². The Bertz CT molecular complexity index is 1380. The number of likely N-dealkylation sites (tertiary alicyclic amines) is 1. The number of nitrogen functional groups attached to an aromatic ring is 1. The van der Waals surface area contributed by atoms with Crippen molar-refractivity contribution in [3.63, 3.8) is 0 Å². The van der Waals surface area contributed by atoms with Gasteiger partial charge in [-0.15, -0.1) is 0 Å². The number of aromatic nitrogens is 3. The maximum absolute atomic E-state index is 12.1. The molecule has 178 valence electrons. The third-order valence-corrected chi connectivity index (χ3v) is 8.63. The van der Waals surface area contributed by atoms with Crippen LogP contribution < -0.4 is 10.5 Å². The molecule has 0 radical (unpaired) electrons. The number of nitrogens with zero attached hydrogens (tertiary/aromatic N) is 5. The summed E-state index contributed by atoms with van der Waals surface area (Å²) in [5.74, 6) is 0.627. The monoisotopic (exact) mass is 481 g/mol. The van der Waals surface area contributed by atoms with Gasteiger partial charge in [-0.05, 0) is 55.5 Å². The summed E-state index contributed by atoms with van der Waals surface area (Å²) in [6.07, 6.45) is 7.17. The summed E-state index contributed by atoms with van der Waals surface area (Å²) in [6.45, 7) is 3.56. The Morgan fingerprint density at radius 1 is 1.18 bits per heavy atom. The zero-order valence-electron chi connectivity index (χ0n) is 18.7. The molecule has 1 aliphatic carbocycles. The molecule has 1 saturated carbocycles. The topological polar surface area (TPSA) is 126 Å². The van der Waals surface area contributed by atoms with E-state index in [2.05, 4.69) is 25.6 Å². The molecule has 4 heterocycles. The summed E-state index contributed by atoms with van der Waals surface area (Å²) in [7, 11) is -3.78. The number of carbonyl (C=O) groups is 1. The Morgan fingerprint density at radius 2 is 2.00 bits per heavy atom. The van der Waals surface area contributed by atoms with Crippen molar-refractivity contribution in [3.8, 4) is 11.1 Å². The molecule has 0 spiro atoms. The predicted octanol–water partition coefficient (Wildman–Crippen LogP) is 1.51. The maximum Gasteiger partial charge on any atom is 0.304 e. The number of nitrogens with one attached hydrogen (secondary N) is 1. The molecule has 0 unspecified atom stereocenters. The fourth-order valence-electron chi connectivity index (χ4n) is 5.28. The molecule has 10 nitrogen and oxygen atoms in total. The van der Waals surface area contributed by atoms with E-state index >= 15 is 0 Å².